The summed E-state index contributed by atoms with van der Waals surface area (Å²) in [4.78, 5) is 25.9. The molecule has 4 heterocycles. The fraction of sp³-hybridized carbons (Fsp3) is 0.350. The number of piperazine rings is 1. The second-order valence-electron chi connectivity index (χ2n) is 14.3. The molecule has 266 valence electrons. The van der Waals surface area contributed by atoms with Crippen LogP contribution in [-0.4, -0.2) is 65.8 Å². The van der Waals surface area contributed by atoms with Crippen LogP contribution in [0, 0.1) is 17.0 Å². The Kier molecular flexibility index (Phi) is 9.71. The van der Waals surface area contributed by atoms with E-state index in [0.717, 1.165) is 73.6 Å². The molecule has 51 heavy (non-hydrogen) atoms. The van der Waals surface area contributed by atoms with Crippen molar-refractivity contribution in [2.75, 3.05) is 44.7 Å². The number of hydrogen-bond acceptors (Lipinski definition) is 8. The molecule has 1 aliphatic heterocycles. The Morgan fingerprint density at radius 2 is 1.84 bits per heavy atom. The summed E-state index contributed by atoms with van der Waals surface area (Å²) < 4.78 is 41.5. The van der Waals surface area contributed by atoms with Gasteiger partial charge in [-0.1, -0.05) is 19.4 Å². The maximum atomic E-state index is 15.1. The van der Waals surface area contributed by atoms with Crippen LogP contribution in [-0.2, 0) is 4.74 Å². The molecule has 1 saturated heterocycles. The zero-order valence-electron chi connectivity index (χ0n) is 29.3. The van der Waals surface area contributed by atoms with Crippen LogP contribution < -0.4 is 9.64 Å². The molecule has 0 unspecified atom stereocenters. The molecule has 0 saturated carbocycles. The molecular formula is C40H42F2N4O4S. The molecule has 0 bridgehead atoms. The van der Waals surface area contributed by atoms with Crippen molar-refractivity contribution < 1.29 is 28.2 Å². The van der Waals surface area contributed by atoms with Crippen LogP contribution in [0.5, 0.6) is 11.5 Å². The van der Waals surface area contributed by atoms with E-state index in [-0.39, 0.29) is 16.5 Å². The molecule has 2 aromatic carbocycles. The predicted molar refractivity (Wildman–Crippen MR) is 197 cm³/mol. The number of carbonyl (C=O) groups is 1. The van der Waals surface area contributed by atoms with Crippen molar-refractivity contribution in [3.63, 3.8) is 0 Å². The van der Waals surface area contributed by atoms with Crippen molar-refractivity contribution in [1.82, 2.24) is 14.9 Å². The standard InChI is InChI=1S/C40H42F2N4O4S/c1-24(47)27-16-33(41)37(34(42)17-27)28-18-36(51-23-28)32-20-40(2,3)9-7-26(32)22-45-11-13-46(14-12-45)29-5-6-31(39(48)49-4)35(19-29)50-30-15-25-8-10-43-38(25)44-21-30/h5-6,8,10,15-19,21,23-24,47H,7,9,11-14,20,22H2,1-4H3,(H,43,44)/t24-/m1/s1. The van der Waals surface area contributed by atoms with Gasteiger partial charge in [0.15, 0.2) is 0 Å². The second-order valence-corrected chi connectivity index (χ2v) is 15.2. The molecule has 1 aliphatic carbocycles. The summed E-state index contributed by atoms with van der Waals surface area (Å²) in [5.41, 5.74) is 5.52. The molecule has 0 radical (unpaired) electrons. The number of anilines is 1. The fourth-order valence-corrected chi connectivity index (χ4v) is 8.10. The molecule has 1 fully saturated rings. The molecule has 11 heteroatoms. The first-order valence-corrected chi connectivity index (χ1v) is 18.1. The Hall–Kier alpha value is -4.58. The Labute approximate surface area is 300 Å². The number of ether oxygens (including phenoxy) is 2. The Morgan fingerprint density at radius 1 is 1.08 bits per heavy atom. The van der Waals surface area contributed by atoms with Crippen molar-refractivity contribution >= 4 is 39.6 Å². The molecule has 1 atom stereocenters. The second kappa shape index (κ2) is 14.2. The SMILES string of the molecule is COC(=O)c1ccc(N2CCN(CC3=C(c4cc(-c5c(F)cc([C@@H](C)O)cc5F)cs4)CC(C)(C)CC3)CC2)cc1Oc1cnc2[nH]ccc2c1. The van der Waals surface area contributed by atoms with Crippen molar-refractivity contribution in [2.45, 2.75) is 46.1 Å². The summed E-state index contributed by atoms with van der Waals surface area (Å²) in [5.74, 6) is -0.872. The number of fused-ring (bicyclic) bond motifs is 1. The Bertz CT molecular complexity index is 2090. The van der Waals surface area contributed by atoms with Crippen molar-refractivity contribution in [3.8, 4) is 22.6 Å². The Balaban J connectivity index is 1.08. The lowest BCUT2D eigenvalue weighted by molar-refractivity contribution is 0.0598. The quantitative estimate of drug-likeness (QED) is 0.148. The number of aromatic nitrogens is 2. The van der Waals surface area contributed by atoms with Gasteiger partial charge >= 0.3 is 5.97 Å². The van der Waals surface area contributed by atoms with Crippen LogP contribution in [0.4, 0.5) is 14.5 Å². The number of rotatable bonds is 9. The number of benzene rings is 2. The summed E-state index contributed by atoms with van der Waals surface area (Å²) >= 11 is 1.53. The van der Waals surface area contributed by atoms with E-state index in [9.17, 15) is 9.90 Å². The Morgan fingerprint density at radius 3 is 2.57 bits per heavy atom. The van der Waals surface area contributed by atoms with E-state index in [1.54, 1.807) is 12.3 Å². The highest BCUT2D eigenvalue weighted by Crippen LogP contribution is 2.46. The number of halogens is 2. The lowest BCUT2D eigenvalue weighted by Crippen LogP contribution is -2.47. The summed E-state index contributed by atoms with van der Waals surface area (Å²) in [6.07, 6.45) is 5.45. The third-order valence-electron chi connectivity index (χ3n) is 10.0. The topological polar surface area (TPSA) is 90.9 Å². The number of H-pyrrole nitrogens is 1. The molecule has 3 aromatic heterocycles. The number of thiophene rings is 1. The van der Waals surface area contributed by atoms with E-state index < -0.39 is 23.7 Å². The highest BCUT2D eigenvalue weighted by Gasteiger charge is 2.31. The van der Waals surface area contributed by atoms with E-state index in [2.05, 4.69) is 33.6 Å². The fourth-order valence-electron chi connectivity index (χ4n) is 7.11. The third-order valence-corrected chi connectivity index (χ3v) is 11.0. The number of carbonyl (C=O) groups excluding carboxylic acids is 1. The number of aliphatic hydroxyl groups is 1. The number of pyridine rings is 1. The van der Waals surface area contributed by atoms with Gasteiger partial charge in [-0.3, -0.25) is 4.90 Å². The highest BCUT2D eigenvalue weighted by atomic mass is 32.1. The summed E-state index contributed by atoms with van der Waals surface area (Å²) in [5, 5.41) is 12.6. The summed E-state index contributed by atoms with van der Waals surface area (Å²) in [6, 6.07) is 13.7. The minimum atomic E-state index is -0.951. The number of hydrogen-bond donors (Lipinski definition) is 2. The predicted octanol–water partition coefficient (Wildman–Crippen LogP) is 8.99. The highest BCUT2D eigenvalue weighted by molar-refractivity contribution is 7.11. The number of aliphatic hydroxyl groups excluding tert-OH is 1. The maximum absolute atomic E-state index is 15.1. The first-order valence-electron chi connectivity index (χ1n) is 17.3. The summed E-state index contributed by atoms with van der Waals surface area (Å²) in [7, 11) is 1.36. The lowest BCUT2D eigenvalue weighted by Gasteiger charge is -2.39. The van der Waals surface area contributed by atoms with Crippen molar-refractivity contribution in [3.05, 3.63) is 99.5 Å². The zero-order chi connectivity index (χ0) is 35.9. The first-order chi connectivity index (χ1) is 24.5. The van der Waals surface area contributed by atoms with Gasteiger partial charge in [0.05, 0.1) is 25.0 Å². The van der Waals surface area contributed by atoms with Crippen LogP contribution in [0.25, 0.3) is 27.7 Å². The number of aromatic amines is 1. The van der Waals surface area contributed by atoms with Crippen LogP contribution >= 0.6 is 11.3 Å². The van der Waals surface area contributed by atoms with Gasteiger partial charge in [-0.05, 0) is 96.1 Å². The molecule has 0 spiro atoms. The maximum Gasteiger partial charge on any atom is 0.341 e. The van der Waals surface area contributed by atoms with Gasteiger partial charge in [0, 0.05) is 60.9 Å². The first kappa shape index (κ1) is 34.9. The monoisotopic (exact) mass is 712 g/mol. The molecule has 0 amide bonds. The molecular weight excluding hydrogens is 671 g/mol. The van der Waals surface area contributed by atoms with Crippen LogP contribution in [0.1, 0.15) is 66.9 Å². The number of allylic oxidation sites excluding steroid dienone is 1. The molecule has 2 N–H and O–H groups in total. The van der Waals surface area contributed by atoms with Crippen LogP contribution in [0.15, 0.2) is 71.9 Å². The van der Waals surface area contributed by atoms with Gasteiger partial charge in [-0.15, -0.1) is 11.3 Å². The lowest BCUT2D eigenvalue weighted by atomic mass is 9.73. The van der Waals surface area contributed by atoms with E-state index in [1.807, 2.05) is 41.9 Å². The number of methoxy groups -OCH3 is 1. The van der Waals surface area contributed by atoms with E-state index >= 15 is 8.78 Å². The summed E-state index contributed by atoms with van der Waals surface area (Å²) in [6.45, 7) is 10.2. The van der Waals surface area contributed by atoms with Gasteiger partial charge < -0.3 is 24.5 Å². The smallest absolute Gasteiger partial charge is 0.341 e. The number of nitrogens with zero attached hydrogens (tertiary/aromatic N) is 3. The molecule has 2 aliphatic rings. The van der Waals surface area contributed by atoms with E-state index in [1.165, 1.54) is 48.6 Å². The van der Waals surface area contributed by atoms with E-state index in [0.29, 0.717) is 22.6 Å². The minimum absolute atomic E-state index is 0.0539. The van der Waals surface area contributed by atoms with Gasteiger partial charge in [-0.25, -0.2) is 18.6 Å². The average molecular weight is 713 g/mol. The van der Waals surface area contributed by atoms with Crippen LogP contribution in [0.2, 0.25) is 0 Å². The van der Waals surface area contributed by atoms with Crippen molar-refractivity contribution in [1.29, 1.82) is 0 Å². The minimum Gasteiger partial charge on any atom is -0.465 e. The molecule has 5 aromatic rings. The van der Waals surface area contributed by atoms with Crippen LogP contribution in [0.3, 0.4) is 0 Å². The van der Waals surface area contributed by atoms with E-state index in [4.69, 9.17) is 9.47 Å². The number of nitrogens with one attached hydrogen (secondary N) is 1. The third kappa shape index (κ3) is 7.42. The average Bonchev–Trinajstić information content (AvgIpc) is 3.79. The van der Waals surface area contributed by atoms with Gasteiger partial charge in [0.1, 0.15) is 34.3 Å². The van der Waals surface area contributed by atoms with Crippen molar-refractivity contribution in [2.24, 2.45) is 5.41 Å². The normalized spacial score (nSPS) is 17.2. The number of esters is 1. The van der Waals surface area contributed by atoms with Gasteiger partial charge in [0.2, 0.25) is 0 Å². The van der Waals surface area contributed by atoms with Gasteiger partial charge in [-0.2, -0.15) is 0 Å². The zero-order valence-corrected chi connectivity index (χ0v) is 30.1. The largest absolute Gasteiger partial charge is 0.465 e. The molecule has 8 nitrogen and oxygen atoms in total. The van der Waals surface area contributed by atoms with Gasteiger partial charge in [0.25, 0.3) is 0 Å². The molecule has 7 rings (SSSR count).